The molecule has 0 spiro atoms. The van der Waals surface area contributed by atoms with E-state index < -0.39 is 6.04 Å². The summed E-state index contributed by atoms with van der Waals surface area (Å²) in [7, 11) is 7.27. The Morgan fingerprint density at radius 3 is 2.52 bits per heavy atom. The third-order valence-corrected chi connectivity index (χ3v) is 4.70. The molecule has 0 saturated heterocycles. The van der Waals surface area contributed by atoms with Crippen molar-refractivity contribution in [2.75, 3.05) is 47.9 Å². The molecule has 2 aliphatic rings. The predicted molar refractivity (Wildman–Crippen MR) is 94.2 cm³/mol. The zero-order valence-corrected chi connectivity index (χ0v) is 15.1. The lowest BCUT2D eigenvalue weighted by molar-refractivity contribution is -0.125. The third kappa shape index (κ3) is 3.19. The van der Waals surface area contributed by atoms with Gasteiger partial charge < -0.3 is 19.9 Å². The highest BCUT2D eigenvalue weighted by atomic mass is 16.5. The van der Waals surface area contributed by atoms with Crippen molar-refractivity contribution < 1.29 is 14.3 Å². The maximum absolute atomic E-state index is 13.0. The number of rotatable bonds is 5. The number of carbonyl (C=O) groups excluding carboxylic acids is 2. The van der Waals surface area contributed by atoms with Crippen molar-refractivity contribution in [3.05, 3.63) is 41.1 Å². The molecule has 2 aliphatic heterocycles. The Hall–Kier alpha value is -2.54. The molecule has 2 heterocycles. The lowest BCUT2D eigenvalue weighted by Crippen LogP contribution is -2.45. The summed E-state index contributed by atoms with van der Waals surface area (Å²) >= 11 is 0. The highest BCUT2D eigenvalue weighted by Gasteiger charge is 2.42. The molecule has 0 radical (unpaired) electrons. The summed E-state index contributed by atoms with van der Waals surface area (Å²) in [6, 6.07) is 6.82. The Morgan fingerprint density at radius 1 is 1.24 bits per heavy atom. The molecule has 3 rings (SSSR count). The van der Waals surface area contributed by atoms with Crippen molar-refractivity contribution in [2.24, 2.45) is 0 Å². The quantitative estimate of drug-likeness (QED) is 0.867. The second-order valence-corrected chi connectivity index (χ2v) is 6.61. The van der Waals surface area contributed by atoms with Gasteiger partial charge in [0, 0.05) is 20.1 Å². The van der Waals surface area contributed by atoms with Crippen LogP contribution in [-0.4, -0.2) is 74.5 Å². The molecule has 1 N–H and O–H groups in total. The maximum atomic E-state index is 13.0. The Bertz CT molecular complexity index is 712. The van der Waals surface area contributed by atoms with Gasteiger partial charge in [-0.05, 0) is 31.8 Å². The average molecular weight is 344 g/mol. The van der Waals surface area contributed by atoms with Crippen molar-refractivity contribution in [2.45, 2.75) is 6.04 Å². The topological polar surface area (TPSA) is 65.1 Å². The van der Waals surface area contributed by atoms with Crippen molar-refractivity contribution >= 4 is 11.9 Å². The molecule has 3 amide bonds. The van der Waals surface area contributed by atoms with E-state index in [-0.39, 0.29) is 11.9 Å². The zero-order valence-electron chi connectivity index (χ0n) is 15.1. The minimum absolute atomic E-state index is 0.00971. The van der Waals surface area contributed by atoms with Crippen molar-refractivity contribution in [1.29, 1.82) is 0 Å². The number of ether oxygens (including phenoxy) is 1. The summed E-state index contributed by atoms with van der Waals surface area (Å²) in [5.41, 5.74) is 2.32. The fourth-order valence-electron chi connectivity index (χ4n) is 3.17. The SMILES string of the molecule is COc1ccc(C2NC(=O)N(C)C3=C2C(=O)N(CCN(C)C)C3)cc1. The van der Waals surface area contributed by atoms with Gasteiger partial charge in [0.25, 0.3) is 5.91 Å². The van der Waals surface area contributed by atoms with E-state index in [4.69, 9.17) is 4.74 Å². The number of methoxy groups -OCH3 is 1. The van der Waals surface area contributed by atoms with Gasteiger partial charge in [-0.15, -0.1) is 0 Å². The minimum atomic E-state index is -0.429. The van der Waals surface area contributed by atoms with Crippen molar-refractivity contribution in [3.8, 4) is 5.75 Å². The van der Waals surface area contributed by atoms with Gasteiger partial charge in [-0.2, -0.15) is 0 Å². The van der Waals surface area contributed by atoms with Crippen LogP contribution in [0.1, 0.15) is 11.6 Å². The fraction of sp³-hybridized carbons (Fsp3) is 0.444. The molecule has 1 aromatic rings. The van der Waals surface area contributed by atoms with Crippen molar-refractivity contribution in [1.82, 2.24) is 20.0 Å². The molecule has 7 nitrogen and oxygen atoms in total. The van der Waals surface area contributed by atoms with Crippen LogP contribution in [0.15, 0.2) is 35.5 Å². The van der Waals surface area contributed by atoms with Crippen LogP contribution in [-0.2, 0) is 4.79 Å². The Balaban J connectivity index is 1.91. The number of nitrogens with one attached hydrogen (secondary N) is 1. The van der Waals surface area contributed by atoms with E-state index in [1.165, 1.54) is 0 Å². The van der Waals surface area contributed by atoms with E-state index in [1.807, 2.05) is 43.3 Å². The van der Waals surface area contributed by atoms with Crippen LogP contribution >= 0.6 is 0 Å². The number of amides is 3. The molecule has 134 valence electrons. The normalized spacial score (nSPS) is 20.3. The summed E-state index contributed by atoms with van der Waals surface area (Å²) in [5, 5.41) is 2.94. The van der Waals surface area contributed by atoms with E-state index >= 15 is 0 Å². The predicted octanol–water partition coefficient (Wildman–Crippen LogP) is 1.05. The van der Waals surface area contributed by atoms with Crippen LogP contribution in [0.4, 0.5) is 4.79 Å². The van der Waals surface area contributed by atoms with Crippen LogP contribution in [0.5, 0.6) is 5.75 Å². The van der Waals surface area contributed by atoms with Gasteiger partial charge in [0.05, 0.1) is 31.0 Å². The van der Waals surface area contributed by atoms with Crippen LogP contribution in [0.3, 0.4) is 0 Å². The minimum Gasteiger partial charge on any atom is -0.497 e. The number of urea groups is 1. The molecule has 7 heteroatoms. The summed E-state index contributed by atoms with van der Waals surface area (Å²) < 4.78 is 5.19. The maximum Gasteiger partial charge on any atom is 0.322 e. The van der Waals surface area contributed by atoms with Crippen LogP contribution < -0.4 is 10.1 Å². The van der Waals surface area contributed by atoms with E-state index in [9.17, 15) is 9.59 Å². The first-order valence-corrected chi connectivity index (χ1v) is 8.27. The van der Waals surface area contributed by atoms with Gasteiger partial charge in [0.2, 0.25) is 0 Å². The Kier molecular flexibility index (Phi) is 4.67. The van der Waals surface area contributed by atoms with Gasteiger partial charge in [-0.3, -0.25) is 9.69 Å². The first-order chi connectivity index (χ1) is 11.9. The lowest BCUT2D eigenvalue weighted by Gasteiger charge is -2.31. The summed E-state index contributed by atoms with van der Waals surface area (Å²) in [6.45, 7) is 1.89. The first-order valence-electron chi connectivity index (χ1n) is 8.27. The molecular formula is C18H24N4O3. The van der Waals surface area contributed by atoms with Crippen LogP contribution in [0.25, 0.3) is 0 Å². The number of benzene rings is 1. The molecule has 0 bridgehead atoms. The molecule has 0 fully saturated rings. The van der Waals surface area contributed by atoms with Crippen molar-refractivity contribution in [3.63, 3.8) is 0 Å². The molecule has 1 aromatic carbocycles. The third-order valence-electron chi connectivity index (χ3n) is 4.70. The Labute approximate surface area is 147 Å². The second-order valence-electron chi connectivity index (χ2n) is 6.61. The lowest BCUT2D eigenvalue weighted by atomic mass is 9.95. The molecule has 0 saturated carbocycles. The summed E-state index contributed by atoms with van der Waals surface area (Å²) in [4.78, 5) is 30.7. The highest BCUT2D eigenvalue weighted by Crippen LogP contribution is 2.35. The number of hydrogen-bond donors (Lipinski definition) is 1. The van der Waals surface area contributed by atoms with Gasteiger partial charge in [-0.25, -0.2) is 4.79 Å². The summed E-state index contributed by atoms with van der Waals surface area (Å²) in [5.74, 6) is 0.729. The first kappa shape index (κ1) is 17.3. The van der Waals surface area contributed by atoms with E-state index in [0.29, 0.717) is 18.7 Å². The Morgan fingerprint density at radius 2 is 1.92 bits per heavy atom. The fourth-order valence-corrected chi connectivity index (χ4v) is 3.17. The summed E-state index contributed by atoms with van der Waals surface area (Å²) in [6.07, 6.45) is 0. The highest BCUT2D eigenvalue weighted by molar-refractivity contribution is 6.01. The molecular weight excluding hydrogens is 320 g/mol. The van der Waals surface area contributed by atoms with Gasteiger partial charge in [0.15, 0.2) is 0 Å². The van der Waals surface area contributed by atoms with Gasteiger partial charge in [0.1, 0.15) is 5.75 Å². The molecule has 1 unspecified atom stereocenters. The van der Waals surface area contributed by atoms with E-state index in [0.717, 1.165) is 23.6 Å². The molecule has 0 aliphatic carbocycles. The number of carbonyl (C=O) groups is 2. The standard InChI is InChI=1S/C18H24N4O3/c1-20(2)9-10-22-11-14-15(17(22)23)16(19-18(24)21(14)3)12-5-7-13(25-4)8-6-12/h5-8,16H,9-11H2,1-4H3,(H,19,24). The molecule has 1 atom stereocenters. The smallest absolute Gasteiger partial charge is 0.322 e. The number of nitrogens with zero attached hydrogens (tertiary/aromatic N) is 3. The average Bonchev–Trinajstić information content (AvgIpc) is 2.93. The monoisotopic (exact) mass is 344 g/mol. The van der Waals surface area contributed by atoms with E-state index in [2.05, 4.69) is 5.32 Å². The number of likely N-dealkylation sites (N-methyl/N-ethyl adjacent to an activating group) is 2. The van der Waals surface area contributed by atoms with Gasteiger partial charge in [-0.1, -0.05) is 12.1 Å². The number of hydrogen-bond acceptors (Lipinski definition) is 4. The van der Waals surface area contributed by atoms with Gasteiger partial charge >= 0.3 is 6.03 Å². The zero-order chi connectivity index (χ0) is 18.1. The molecule has 25 heavy (non-hydrogen) atoms. The van der Waals surface area contributed by atoms with Crippen LogP contribution in [0.2, 0.25) is 0 Å². The second kappa shape index (κ2) is 6.76. The molecule has 0 aromatic heterocycles. The van der Waals surface area contributed by atoms with Crippen LogP contribution in [0, 0.1) is 0 Å². The van der Waals surface area contributed by atoms with E-state index in [1.54, 1.807) is 24.0 Å². The largest absolute Gasteiger partial charge is 0.497 e.